The Balaban J connectivity index is 1.82. The Bertz CT molecular complexity index is 986. The predicted molar refractivity (Wildman–Crippen MR) is 96.6 cm³/mol. The number of aryl methyl sites for hydroxylation is 1. The summed E-state index contributed by atoms with van der Waals surface area (Å²) in [5.74, 6) is 1.12. The first kappa shape index (κ1) is 19.9. The van der Waals surface area contributed by atoms with Gasteiger partial charge in [-0.05, 0) is 26.0 Å². The van der Waals surface area contributed by atoms with Gasteiger partial charge < -0.3 is 19.6 Å². The third-order valence-corrected chi connectivity index (χ3v) is 4.34. The second-order valence-electron chi connectivity index (χ2n) is 6.47. The summed E-state index contributed by atoms with van der Waals surface area (Å²) in [4.78, 5) is 11.6. The maximum atomic E-state index is 12.5. The number of hydrogen-bond donors (Lipinski definition) is 2. The number of aliphatic hydroxyl groups excluding tert-OH is 1. The maximum absolute atomic E-state index is 12.5. The fraction of sp³-hybridized carbons (Fsp3) is 0.368. The van der Waals surface area contributed by atoms with Crippen molar-refractivity contribution in [1.29, 1.82) is 0 Å². The number of fused-ring (bicyclic) bond motifs is 1. The molecule has 28 heavy (non-hydrogen) atoms. The zero-order valence-electron chi connectivity index (χ0n) is 15.6. The van der Waals surface area contributed by atoms with Gasteiger partial charge in [-0.25, -0.2) is 4.98 Å². The summed E-state index contributed by atoms with van der Waals surface area (Å²) in [5, 5.41) is 10.6. The van der Waals surface area contributed by atoms with Gasteiger partial charge in [0.05, 0.1) is 18.1 Å². The first-order valence-electron chi connectivity index (χ1n) is 8.54. The van der Waals surface area contributed by atoms with E-state index in [1.54, 1.807) is 39.2 Å². The number of benzene rings is 1. The number of methoxy groups -OCH3 is 1. The molecule has 150 valence electrons. The first-order valence-corrected chi connectivity index (χ1v) is 8.54. The van der Waals surface area contributed by atoms with E-state index >= 15 is 0 Å². The van der Waals surface area contributed by atoms with Crippen LogP contribution in [0.2, 0.25) is 0 Å². The Morgan fingerprint density at radius 1 is 1.25 bits per heavy atom. The van der Waals surface area contributed by atoms with Gasteiger partial charge in [0.25, 0.3) is 0 Å². The average molecular weight is 395 g/mol. The van der Waals surface area contributed by atoms with E-state index in [9.17, 15) is 18.3 Å². The lowest BCUT2D eigenvalue weighted by atomic mass is 10.1. The molecule has 0 spiro atoms. The van der Waals surface area contributed by atoms with E-state index in [4.69, 9.17) is 9.47 Å². The van der Waals surface area contributed by atoms with Crippen molar-refractivity contribution < 1.29 is 27.8 Å². The van der Waals surface area contributed by atoms with Crippen LogP contribution in [0.15, 0.2) is 24.4 Å². The largest absolute Gasteiger partial charge is 0.497 e. The van der Waals surface area contributed by atoms with Crippen molar-refractivity contribution in [3.63, 3.8) is 0 Å². The molecule has 2 heterocycles. The summed E-state index contributed by atoms with van der Waals surface area (Å²) < 4.78 is 47.6. The minimum atomic E-state index is -4.43. The number of hydrogen-bond acceptors (Lipinski definition) is 5. The van der Waals surface area contributed by atoms with Crippen molar-refractivity contribution in [2.75, 3.05) is 13.7 Å². The summed E-state index contributed by atoms with van der Waals surface area (Å²) in [5.41, 5.74) is 2.76. The number of imidazole rings is 1. The highest BCUT2D eigenvalue weighted by Gasteiger charge is 2.29. The number of rotatable bonds is 6. The SMILES string of the molecule is COc1ccc2nc(C(O)Cc3ncc(C)c(OCC(F)(F)F)c3C)[nH]c2c1. The highest BCUT2D eigenvalue weighted by atomic mass is 19.4. The molecule has 0 saturated heterocycles. The number of pyridine rings is 1. The van der Waals surface area contributed by atoms with E-state index in [1.807, 2.05) is 0 Å². The molecule has 2 aromatic heterocycles. The lowest BCUT2D eigenvalue weighted by Crippen LogP contribution is -2.20. The van der Waals surface area contributed by atoms with Gasteiger partial charge in [0.2, 0.25) is 0 Å². The van der Waals surface area contributed by atoms with Crippen molar-refractivity contribution >= 4 is 11.0 Å². The average Bonchev–Trinajstić information content (AvgIpc) is 3.06. The molecule has 2 N–H and O–H groups in total. The lowest BCUT2D eigenvalue weighted by molar-refractivity contribution is -0.153. The molecular weight excluding hydrogens is 375 g/mol. The number of alkyl halides is 3. The number of ether oxygens (including phenoxy) is 2. The molecule has 3 aromatic rings. The Labute approximate surface area is 159 Å². The summed E-state index contributed by atoms with van der Waals surface area (Å²) in [6.45, 7) is 1.86. The molecule has 3 rings (SSSR count). The number of H-pyrrole nitrogens is 1. The molecule has 6 nitrogen and oxygen atoms in total. The molecule has 0 aliphatic heterocycles. The first-order chi connectivity index (χ1) is 13.2. The van der Waals surface area contributed by atoms with Gasteiger partial charge in [0, 0.05) is 35.5 Å². The van der Waals surface area contributed by atoms with Crippen LogP contribution in [-0.2, 0) is 6.42 Å². The number of aromatic amines is 1. The van der Waals surface area contributed by atoms with Crippen LogP contribution in [0, 0.1) is 13.8 Å². The van der Waals surface area contributed by atoms with Gasteiger partial charge >= 0.3 is 6.18 Å². The minimum Gasteiger partial charge on any atom is -0.497 e. The van der Waals surface area contributed by atoms with Crippen molar-refractivity contribution in [2.45, 2.75) is 32.5 Å². The van der Waals surface area contributed by atoms with Gasteiger partial charge in [-0.15, -0.1) is 0 Å². The molecule has 1 atom stereocenters. The van der Waals surface area contributed by atoms with Crippen LogP contribution in [0.4, 0.5) is 13.2 Å². The van der Waals surface area contributed by atoms with E-state index in [-0.39, 0.29) is 12.2 Å². The predicted octanol–water partition coefficient (Wildman–Crippen LogP) is 3.80. The standard InChI is InChI=1S/C19H20F3N3O3/c1-10-8-23-14(11(2)17(10)28-9-19(20,21)22)7-16(26)18-24-13-5-4-12(27-3)6-15(13)25-18/h4-6,8,16,26H,7,9H2,1-3H3,(H,24,25). The van der Waals surface area contributed by atoms with Crippen LogP contribution in [-0.4, -0.2) is 40.0 Å². The molecule has 0 aliphatic rings. The molecule has 0 saturated carbocycles. The molecular formula is C19H20F3N3O3. The number of halogens is 3. The van der Waals surface area contributed by atoms with Crippen LogP contribution in [0.1, 0.15) is 28.7 Å². The smallest absolute Gasteiger partial charge is 0.422 e. The topological polar surface area (TPSA) is 80.3 Å². The number of nitrogens with one attached hydrogen (secondary N) is 1. The third-order valence-electron chi connectivity index (χ3n) is 4.34. The second-order valence-corrected chi connectivity index (χ2v) is 6.47. The maximum Gasteiger partial charge on any atom is 0.422 e. The van der Waals surface area contributed by atoms with E-state index in [1.165, 1.54) is 6.20 Å². The summed E-state index contributed by atoms with van der Waals surface area (Å²) >= 11 is 0. The summed E-state index contributed by atoms with van der Waals surface area (Å²) in [6.07, 6.45) is -3.94. The van der Waals surface area contributed by atoms with Crippen molar-refractivity contribution in [1.82, 2.24) is 15.0 Å². The summed E-state index contributed by atoms with van der Waals surface area (Å²) in [7, 11) is 1.55. The van der Waals surface area contributed by atoms with E-state index in [0.29, 0.717) is 39.4 Å². The fourth-order valence-corrected chi connectivity index (χ4v) is 2.91. The Kier molecular flexibility index (Phi) is 5.46. The zero-order chi connectivity index (χ0) is 20.5. The van der Waals surface area contributed by atoms with E-state index in [2.05, 4.69) is 15.0 Å². The van der Waals surface area contributed by atoms with Crippen LogP contribution >= 0.6 is 0 Å². The molecule has 0 aliphatic carbocycles. The van der Waals surface area contributed by atoms with Crippen molar-refractivity contribution in [3.8, 4) is 11.5 Å². The highest BCUT2D eigenvalue weighted by Crippen LogP contribution is 2.29. The van der Waals surface area contributed by atoms with Gasteiger partial charge in [-0.3, -0.25) is 4.98 Å². The van der Waals surface area contributed by atoms with Gasteiger partial charge in [0.1, 0.15) is 23.4 Å². The summed E-state index contributed by atoms with van der Waals surface area (Å²) in [6, 6.07) is 5.28. The normalized spacial score (nSPS) is 13.0. The van der Waals surface area contributed by atoms with Gasteiger partial charge in [0.15, 0.2) is 6.61 Å². The molecule has 0 bridgehead atoms. The molecule has 0 amide bonds. The fourth-order valence-electron chi connectivity index (χ4n) is 2.91. The number of nitrogens with zero attached hydrogens (tertiary/aromatic N) is 2. The number of aliphatic hydroxyl groups is 1. The molecule has 1 aromatic carbocycles. The Morgan fingerprint density at radius 2 is 2.00 bits per heavy atom. The van der Waals surface area contributed by atoms with Crippen LogP contribution in [0.3, 0.4) is 0 Å². The third kappa shape index (κ3) is 4.36. The van der Waals surface area contributed by atoms with Crippen molar-refractivity contribution in [2.24, 2.45) is 0 Å². The highest BCUT2D eigenvalue weighted by molar-refractivity contribution is 5.76. The van der Waals surface area contributed by atoms with E-state index < -0.39 is 18.9 Å². The van der Waals surface area contributed by atoms with Crippen LogP contribution in [0.25, 0.3) is 11.0 Å². The number of aromatic nitrogens is 3. The van der Waals surface area contributed by atoms with Crippen molar-refractivity contribution in [3.05, 3.63) is 47.0 Å². The molecule has 1 unspecified atom stereocenters. The molecule has 0 radical (unpaired) electrons. The lowest BCUT2D eigenvalue weighted by Gasteiger charge is -2.17. The quantitative estimate of drug-likeness (QED) is 0.664. The second kappa shape index (κ2) is 7.67. The molecule has 9 heteroatoms. The minimum absolute atomic E-state index is 0.0748. The van der Waals surface area contributed by atoms with Gasteiger partial charge in [-0.1, -0.05) is 0 Å². The molecule has 0 fully saturated rings. The zero-order valence-corrected chi connectivity index (χ0v) is 15.6. The van der Waals surface area contributed by atoms with Crippen LogP contribution < -0.4 is 9.47 Å². The van der Waals surface area contributed by atoms with Gasteiger partial charge in [-0.2, -0.15) is 13.2 Å². The Hall–Kier alpha value is -2.81. The van der Waals surface area contributed by atoms with E-state index in [0.717, 1.165) is 0 Å². The van der Waals surface area contributed by atoms with Crippen LogP contribution in [0.5, 0.6) is 11.5 Å². The monoisotopic (exact) mass is 395 g/mol. The Morgan fingerprint density at radius 3 is 2.68 bits per heavy atom.